The summed E-state index contributed by atoms with van der Waals surface area (Å²) in [5, 5.41) is 2.96. The summed E-state index contributed by atoms with van der Waals surface area (Å²) >= 11 is 0. The van der Waals surface area contributed by atoms with Crippen LogP contribution in [0.15, 0.2) is 60.2 Å². The van der Waals surface area contributed by atoms with Gasteiger partial charge in [0.1, 0.15) is 0 Å². The quantitative estimate of drug-likeness (QED) is 0.618. The van der Waals surface area contributed by atoms with Gasteiger partial charge in [-0.3, -0.25) is 14.4 Å². The molecule has 2 aromatic carbocycles. The summed E-state index contributed by atoms with van der Waals surface area (Å²) in [6.07, 6.45) is 3.84. The minimum absolute atomic E-state index is 0.138. The normalized spacial score (nSPS) is 26.7. The number of hydrogen-bond donors (Lipinski definition) is 1. The molecule has 1 saturated heterocycles. The molecule has 2 aromatic rings. The number of allylic oxidation sites excluding steroid dienone is 2. The number of hydrogen-bond acceptors (Lipinski definition) is 3. The number of nitrogens with zero attached hydrogens (tertiary/aromatic N) is 1. The van der Waals surface area contributed by atoms with Gasteiger partial charge in [0.05, 0.1) is 23.1 Å². The second-order valence-corrected chi connectivity index (χ2v) is 8.46. The lowest BCUT2D eigenvalue weighted by atomic mass is 9.82. The average molecular weight is 400 g/mol. The van der Waals surface area contributed by atoms with Crippen LogP contribution in [0.1, 0.15) is 36.2 Å². The molecule has 30 heavy (non-hydrogen) atoms. The van der Waals surface area contributed by atoms with Crippen molar-refractivity contribution in [1.29, 1.82) is 0 Å². The van der Waals surface area contributed by atoms with Gasteiger partial charge in [-0.15, -0.1) is 0 Å². The Morgan fingerprint density at radius 2 is 1.73 bits per heavy atom. The first-order valence-electron chi connectivity index (χ1n) is 10.6. The largest absolute Gasteiger partial charge is 0.322 e. The minimum atomic E-state index is -0.318. The number of anilines is 2. The van der Waals surface area contributed by atoms with E-state index in [1.54, 1.807) is 24.3 Å². The van der Waals surface area contributed by atoms with Gasteiger partial charge in [0.2, 0.25) is 11.8 Å². The zero-order valence-electron chi connectivity index (χ0n) is 17.1. The summed E-state index contributed by atoms with van der Waals surface area (Å²) in [5.74, 6) is -0.943. The number of carbonyl (C=O) groups is 3. The third-order valence-corrected chi connectivity index (χ3v) is 6.92. The van der Waals surface area contributed by atoms with Gasteiger partial charge in [-0.1, -0.05) is 48.9 Å². The topological polar surface area (TPSA) is 66.5 Å². The molecule has 0 radical (unpaired) electrons. The van der Waals surface area contributed by atoms with Crippen molar-refractivity contribution < 1.29 is 14.4 Å². The molecule has 2 aliphatic carbocycles. The Bertz CT molecular complexity index is 1100. The smallest absolute Gasteiger partial charge is 0.257 e. The van der Waals surface area contributed by atoms with E-state index in [2.05, 4.69) is 11.4 Å². The number of amides is 3. The van der Waals surface area contributed by atoms with Crippen LogP contribution in [0.25, 0.3) is 0 Å². The van der Waals surface area contributed by atoms with Crippen molar-refractivity contribution in [2.75, 3.05) is 10.2 Å². The van der Waals surface area contributed by atoms with Crippen LogP contribution in [-0.2, 0) is 16.0 Å². The third kappa shape index (κ3) is 2.65. The maximum absolute atomic E-state index is 13.3. The molecule has 1 heterocycles. The van der Waals surface area contributed by atoms with E-state index < -0.39 is 0 Å². The van der Waals surface area contributed by atoms with E-state index in [4.69, 9.17) is 0 Å². The maximum Gasteiger partial charge on any atom is 0.257 e. The molecular weight excluding hydrogens is 376 g/mol. The van der Waals surface area contributed by atoms with Crippen LogP contribution in [0.5, 0.6) is 0 Å². The van der Waals surface area contributed by atoms with Crippen LogP contribution in [0.3, 0.4) is 0 Å². The standard InChI is InChI=1S/C25H24N2O3/c1-3-15-8-4-6-10-19(15)26-23(28)17-9-5-7-11-20(17)27-24(29)21-16-12-14(2)18(13-16)22(21)25(27)30/h4-12,16,18,21-22H,3,13H2,1-2H3,(H,26,28)/t16-,18+,21-,22+/m0/s1. The first-order valence-corrected chi connectivity index (χ1v) is 10.6. The summed E-state index contributed by atoms with van der Waals surface area (Å²) in [6.45, 7) is 4.08. The first-order chi connectivity index (χ1) is 14.5. The fourth-order valence-corrected chi connectivity index (χ4v) is 5.51. The summed E-state index contributed by atoms with van der Waals surface area (Å²) in [6, 6.07) is 14.5. The molecule has 2 fully saturated rings. The van der Waals surface area contributed by atoms with Crippen molar-refractivity contribution >= 4 is 29.1 Å². The molecule has 1 saturated carbocycles. The molecule has 3 amide bonds. The second-order valence-electron chi connectivity index (χ2n) is 8.46. The Morgan fingerprint density at radius 1 is 1.03 bits per heavy atom. The number of fused-ring (bicyclic) bond motifs is 5. The van der Waals surface area contributed by atoms with Crippen LogP contribution in [0.4, 0.5) is 11.4 Å². The van der Waals surface area contributed by atoms with Crippen molar-refractivity contribution in [1.82, 2.24) is 0 Å². The number of imide groups is 1. The highest BCUT2D eigenvalue weighted by Crippen LogP contribution is 2.56. The molecule has 4 atom stereocenters. The van der Waals surface area contributed by atoms with Crippen molar-refractivity contribution in [3.63, 3.8) is 0 Å². The number of para-hydroxylation sites is 2. The van der Waals surface area contributed by atoms with Crippen molar-refractivity contribution in [2.24, 2.45) is 23.7 Å². The first kappa shape index (κ1) is 18.8. The predicted octanol–water partition coefficient (Wildman–Crippen LogP) is 4.20. The molecule has 0 aromatic heterocycles. The van der Waals surface area contributed by atoms with Gasteiger partial charge in [0, 0.05) is 5.69 Å². The van der Waals surface area contributed by atoms with E-state index in [9.17, 15) is 14.4 Å². The molecule has 1 aliphatic heterocycles. The van der Waals surface area contributed by atoms with Crippen molar-refractivity contribution in [3.05, 3.63) is 71.3 Å². The zero-order valence-corrected chi connectivity index (χ0v) is 17.1. The van der Waals surface area contributed by atoms with Gasteiger partial charge < -0.3 is 5.32 Å². The van der Waals surface area contributed by atoms with Gasteiger partial charge in [-0.2, -0.15) is 0 Å². The van der Waals surface area contributed by atoms with E-state index >= 15 is 0 Å². The highest BCUT2D eigenvalue weighted by atomic mass is 16.2. The Kier molecular flexibility index (Phi) is 4.35. The molecule has 1 N–H and O–H groups in total. The zero-order chi connectivity index (χ0) is 21.0. The van der Waals surface area contributed by atoms with E-state index in [1.165, 1.54) is 10.5 Å². The molecule has 0 spiro atoms. The average Bonchev–Trinajstić information content (AvgIpc) is 3.39. The van der Waals surface area contributed by atoms with Crippen LogP contribution in [0.2, 0.25) is 0 Å². The lowest BCUT2D eigenvalue weighted by molar-refractivity contribution is -0.123. The van der Waals surface area contributed by atoms with Gasteiger partial charge in [0.15, 0.2) is 0 Å². The second kappa shape index (κ2) is 6.94. The molecule has 5 rings (SSSR count). The maximum atomic E-state index is 13.3. The Hall–Kier alpha value is -3.21. The lowest BCUT2D eigenvalue weighted by Crippen LogP contribution is -2.34. The molecule has 5 nitrogen and oxygen atoms in total. The molecule has 2 bridgehead atoms. The van der Waals surface area contributed by atoms with E-state index in [0.29, 0.717) is 11.3 Å². The number of rotatable bonds is 4. The van der Waals surface area contributed by atoms with Gasteiger partial charge in [-0.25, -0.2) is 4.90 Å². The Balaban J connectivity index is 1.48. The van der Waals surface area contributed by atoms with Crippen LogP contribution in [0, 0.1) is 23.7 Å². The molecule has 5 heteroatoms. The number of nitrogens with one attached hydrogen (secondary N) is 1. The van der Waals surface area contributed by atoms with Gasteiger partial charge >= 0.3 is 0 Å². The summed E-state index contributed by atoms with van der Waals surface area (Å²) in [5.41, 5.74) is 3.71. The molecule has 3 aliphatic rings. The molecule has 0 unspecified atom stereocenters. The van der Waals surface area contributed by atoms with Crippen molar-refractivity contribution in [3.8, 4) is 0 Å². The summed E-state index contributed by atoms with van der Waals surface area (Å²) in [4.78, 5) is 41.0. The lowest BCUT2D eigenvalue weighted by Gasteiger charge is -2.21. The van der Waals surface area contributed by atoms with E-state index in [0.717, 1.165) is 24.1 Å². The highest BCUT2D eigenvalue weighted by Gasteiger charge is 2.61. The van der Waals surface area contributed by atoms with Crippen LogP contribution in [-0.4, -0.2) is 17.7 Å². The molecular formula is C25H24N2O3. The highest BCUT2D eigenvalue weighted by molar-refractivity contribution is 6.25. The SMILES string of the molecule is CCc1ccccc1NC(=O)c1ccccc1N1C(=O)[C@@H]2[C@H](C1=O)[C@@H]1C[C@@H]2C=C1C. The minimum Gasteiger partial charge on any atom is -0.322 e. The number of aryl methyl sites for hydroxylation is 1. The van der Waals surface area contributed by atoms with Gasteiger partial charge in [0.25, 0.3) is 5.91 Å². The molecule has 152 valence electrons. The third-order valence-electron chi connectivity index (χ3n) is 6.92. The van der Waals surface area contributed by atoms with Gasteiger partial charge in [-0.05, 0) is 55.4 Å². The predicted molar refractivity (Wildman–Crippen MR) is 115 cm³/mol. The van der Waals surface area contributed by atoms with Crippen molar-refractivity contribution in [2.45, 2.75) is 26.7 Å². The monoisotopic (exact) mass is 400 g/mol. The van der Waals surface area contributed by atoms with Crippen LogP contribution >= 0.6 is 0 Å². The van der Waals surface area contributed by atoms with E-state index in [-0.39, 0.29) is 41.4 Å². The fourth-order valence-electron chi connectivity index (χ4n) is 5.51. The number of benzene rings is 2. The summed E-state index contributed by atoms with van der Waals surface area (Å²) in [7, 11) is 0. The Labute approximate surface area is 175 Å². The van der Waals surface area contributed by atoms with Crippen LogP contribution < -0.4 is 10.2 Å². The summed E-state index contributed by atoms with van der Waals surface area (Å²) < 4.78 is 0. The number of carbonyl (C=O) groups excluding carboxylic acids is 3. The Morgan fingerprint density at radius 3 is 2.53 bits per heavy atom. The van der Waals surface area contributed by atoms with E-state index in [1.807, 2.05) is 38.1 Å². The fraction of sp³-hybridized carbons (Fsp3) is 0.320.